The van der Waals surface area contributed by atoms with Crippen molar-refractivity contribution in [2.75, 3.05) is 5.32 Å². The second-order valence-electron chi connectivity index (χ2n) is 10.3. The van der Waals surface area contributed by atoms with Gasteiger partial charge in [0.05, 0.1) is 0 Å². The van der Waals surface area contributed by atoms with Crippen molar-refractivity contribution in [1.29, 1.82) is 0 Å². The number of hydrogen-bond acceptors (Lipinski definition) is 1. The number of anilines is 2. The highest BCUT2D eigenvalue weighted by Gasteiger charge is 2.08. The fourth-order valence-electron chi connectivity index (χ4n) is 5.51. The van der Waals surface area contributed by atoms with Gasteiger partial charge < -0.3 is 5.32 Å². The predicted octanol–water partition coefficient (Wildman–Crippen LogP) is 11.3. The molecule has 0 atom stereocenters. The molecule has 0 aliphatic heterocycles. The molecule has 1 N–H and O–H groups in total. The molecular formula is C40H29N. The highest BCUT2D eigenvalue weighted by molar-refractivity contribution is 5.96. The standard InChI is InChI=1S/C40H29N/c1-3-10-29(11-4-1)34-26-35(30-12-5-2-6-13-30)28-36(27-34)31-18-22-37(23-19-31)41-38-24-20-33(21-25-38)40-17-9-15-32-14-7-8-16-39(32)40/h1-28,41H. The molecule has 7 aromatic rings. The summed E-state index contributed by atoms with van der Waals surface area (Å²) in [5.74, 6) is 0. The minimum atomic E-state index is 1.06. The van der Waals surface area contributed by atoms with Gasteiger partial charge in [-0.3, -0.25) is 0 Å². The SMILES string of the molecule is c1ccc(-c2cc(-c3ccccc3)cc(-c3ccc(Nc4ccc(-c5cccc6ccccc56)cc4)cc3)c2)cc1. The van der Waals surface area contributed by atoms with Crippen molar-refractivity contribution in [2.24, 2.45) is 0 Å². The van der Waals surface area contributed by atoms with E-state index in [2.05, 4.69) is 175 Å². The van der Waals surface area contributed by atoms with E-state index in [9.17, 15) is 0 Å². The average molecular weight is 524 g/mol. The second-order valence-corrected chi connectivity index (χ2v) is 10.3. The normalized spacial score (nSPS) is 10.9. The maximum Gasteiger partial charge on any atom is 0.0384 e. The van der Waals surface area contributed by atoms with Crippen molar-refractivity contribution >= 4 is 22.1 Å². The van der Waals surface area contributed by atoms with Crippen molar-refractivity contribution in [3.05, 3.63) is 170 Å². The number of fused-ring (bicyclic) bond motifs is 1. The smallest absolute Gasteiger partial charge is 0.0384 e. The first kappa shape index (κ1) is 24.6. The van der Waals surface area contributed by atoms with Crippen LogP contribution in [0, 0.1) is 0 Å². The molecule has 1 nitrogen and oxygen atoms in total. The van der Waals surface area contributed by atoms with Crippen LogP contribution < -0.4 is 5.32 Å². The maximum absolute atomic E-state index is 3.57. The Morgan fingerprint density at radius 3 is 1.29 bits per heavy atom. The number of benzene rings is 7. The van der Waals surface area contributed by atoms with Gasteiger partial charge in [-0.25, -0.2) is 0 Å². The summed E-state index contributed by atoms with van der Waals surface area (Å²) in [4.78, 5) is 0. The van der Waals surface area contributed by atoms with E-state index in [0.29, 0.717) is 0 Å². The van der Waals surface area contributed by atoms with Crippen LogP contribution in [0.15, 0.2) is 170 Å². The molecule has 41 heavy (non-hydrogen) atoms. The lowest BCUT2D eigenvalue weighted by molar-refractivity contribution is 1.53. The molecule has 0 heterocycles. The van der Waals surface area contributed by atoms with Crippen LogP contribution in [0.2, 0.25) is 0 Å². The van der Waals surface area contributed by atoms with E-state index in [1.807, 2.05) is 0 Å². The molecule has 1 heteroatoms. The summed E-state index contributed by atoms with van der Waals surface area (Å²) in [6.45, 7) is 0. The summed E-state index contributed by atoms with van der Waals surface area (Å²) in [7, 11) is 0. The summed E-state index contributed by atoms with van der Waals surface area (Å²) in [5, 5.41) is 6.11. The van der Waals surface area contributed by atoms with Crippen LogP contribution in [-0.2, 0) is 0 Å². The van der Waals surface area contributed by atoms with Crippen molar-refractivity contribution in [3.8, 4) is 44.5 Å². The average Bonchev–Trinajstić information content (AvgIpc) is 3.06. The van der Waals surface area contributed by atoms with Crippen LogP contribution >= 0.6 is 0 Å². The molecule has 0 spiro atoms. The summed E-state index contributed by atoms with van der Waals surface area (Å²) in [5.41, 5.74) is 11.9. The molecule has 0 bridgehead atoms. The van der Waals surface area contributed by atoms with Crippen LogP contribution in [0.5, 0.6) is 0 Å². The number of hydrogen-bond donors (Lipinski definition) is 1. The molecule has 0 amide bonds. The molecule has 7 aromatic carbocycles. The zero-order valence-corrected chi connectivity index (χ0v) is 22.7. The Morgan fingerprint density at radius 2 is 0.732 bits per heavy atom. The van der Waals surface area contributed by atoms with Gasteiger partial charge in [-0.2, -0.15) is 0 Å². The molecule has 0 unspecified atom stereocenters. The molecule has 194 valence electrons. The first-order valence-corrected chi connectivity index (χ1v) is 14.0. The summed E-state index contributed by atoms with van der Waals surface area (Å²) in [6.07, 6.45) is 0. The van der Waals surface area contributed by atoms with Gasteiger partial charge in [0.15, 0.2) is 0 Å². The van der Waals surface area contributed by atoms with E-state index >= 15 is 0 Å². The summed E-state index contributed by atoms with van der Waals surface area (Å²) >= 11 is 0. The van der Waals surface area contributed by atoms with Crippen LogP contribution in [0.3, 0.4) is 0 Å². The van der Waals surface area contributed by atoms with Crippen molar-refractivity contribution < 1.29 is 0 Å². The Balaban J connectivity index is 1.15. The van der Waals surface area contributed by atoms with Crippen LogP contribution in [-0.4, -0.2) is 0 Å². The summed E-state index contributed by atoms with van der Waals surface area (Å²) in [6, 6.07) is 60.5. The predicted molar refractivity (Wildman–Crippen MR) is 175 cm³/mol. The molecule has 0 saturated carbocycles. The first-order valence-electron chi connectivity index (χ1n) is 14.0. The van der Waals surface area contributed by atoms with Gasteiger partial charge in [-0.15, -0.1) is 0 Å². The van der Waals surface area contributed by atoms with E-state index in [-0.39, 0.29) is 0 Å². The Hall–Kier alpha value is -5.40. The minimum absolute atomic E-state index is 1.06. The quantitative estimate of drug-likeness (QED) is 0.229. The van der Waals surface area contributed by atoms with Crippen LogP contribution in [0.1, 0.15) is 0 Å². The molecule has 0 aliphatic rings. The third-order valence-corrected chi connectivity index (χ3v) is 7.64. The largest absolute Gasteiger partial charge is 0.356 e. The number of rotatable bonds is 6. The Kier molecular flexibility index (Phi) is 6.61. The highest BCUT2D eigenvalue weighted by Crippen LogP contribution is 2.34. The zero-order chi connectivity index (χ0) is 27.4. The van der Waals surface area contributed by atoms with Gasteiger partial charge in [0.2, 0.25) is 0 Å². The molecule has 7 rings (SSSR count). The minimum Gasteiger partial charge on any atom is -0.356 e. The van der Waals surface area contributed by atoms with E-state index < -0.39 is 0 Å². The van der Waals surface area contributed by atoms with Crippen molar-refractivity contribution in [2.45, 2.75) is 0 Å². The van der Waals surface area contributed by atoms with Gasteiger partial charge in [0.25, 0.3) is 0 Å². The Labute approximate surface area is 241 Å². The fourth-order valence-corrected chi connectivity index (χ4v) is 5.51. The van der Waals surface area contributed by atoms with Gasteiger partial charge in [0.1, 0.15) is 0 Å². The van der Waals surface area contributed by atoms with Crippen LogP contribution in [0.4, 0.5) is 11.4 Å². The Morgan fingerprint density at radius 1 is 0.293 bits per heavy atom. The lowest BCUT2D eigenvalue weighted by Gasteiger charge is -2.13. The van der Waals surface area contributed by atoms with Gasteiger partial charge >= 0.3 is 0 Å². The first-order chi connectivity index (χ1) is 20.3. The second kappa shape index (κ2) is 11.0. The lowest BCUT2D eigenvalue weighted by Crippen LogP contribution is -1.91. The van der Waals surface area contributed by atoms with Crippen molar-refractivity contribution in [1.82, 2.24) is 0 Å². The topological polar surface area (TPSA) is 12.0 Å². The fraction of sp³-hybridized carbons (Fsp3) is 0. The monoisotopic (exact) mass is 523 g/mol. The third kappa shape index (κ3) is 5.26. The molecule has 0 fully saturated rings. The van der Waals surface area contributed by atoms with Gasteiger partial charge in [-0.05, 0) is 97.7 Å². The van der Waals surface area contributed by atoms with E-state index in [1.165, 1.54) is 55.3 Å². The molecule has 0 radical (unpaired) electrons. The maximum atomic E-state index is 3.57. The lowest BCUT2D eigenvalue weighted by atomic mass is 9.93. The van der Waals surface area contributed by atoms with E-state index in [0.717, 1.165) is 11.4 Å². The van der Waals surface area contributed by atoms with Gasteiger partial charge in [-0.1, -0.05) is 127 Å². The van der Waals surface area contributed by atoms with Crippen LogP contribution in [0.25, 0.3) is 55.3 Å². The van der Waals surface area contributed by atoms with Crippen molar-refractivity contribution in [3.63, 3.8) is 0 Å². The van der Waals surface area contributed by atoms with E-state index in [4.69, 9.17) is 0 Å². The molecule has 0 saturated heterocycles. The molecular weight excluding hydrogens is 494 g/mol. The zero-order valence-electron chi connectivity index (χ0n) is 22.7. The highest BCUT2D eigenvalue weighted by atomic mass is 14.9. The van der Waals surface area contributed by atoms with E-state index in [1.54, 1.807) is 0 Å². The van der Waals surface area contributed by atoms with Gasteiger partial charge in [0, 0.05) is 11.4 Å². The third-order valence-electron chi connectivity index (χ3n) is 7.64. The molecule has 0 aliphatic carbocycles. The number of nitrogens with one attached hydrogen (secondary N) is 1. The Bertz CT molecular complexity index is 1860. The molecule has 0 aromatic heterocycles. The summed E-state index contributed by atoms with van der Waals surface area (Å²) < 4.78 is 0.